The number of hydrogen-bond donors (Lipinski definition) is 0. The van der Waals surface area contributed by atoms with Crippen molar-refractivity contribution >= 4 is 34.1 Å². The van der Waals surface area contributed by atoms with Gasteiger partial charge in [0.25, 0.3) is 0 Å². The van der Waals surface area contributed by atoms with Crippen LogP contribution in [0.5, 0.6) is 5.88 Å². The van der Waals surface area contributed by atoms with Crippen LogP contribution in [0.15, 0.2) is 22.9 Å². The number of hydrogen-bond acceptors (Lipinski definition) is 4. The zero-order valence-electron chi connectivity index (χ0n) is 11.3. The van der Waals surface area contributed by atoms with E-state index >= 15 is 0 Å². The van der Waals surface area contributed by atoms with Crippen LogP contribution in [0.4, 0.5) is 0 Å². The molecule has 0 spiro atoms. The molecular weight excluding hydrogens is 294 g/mol. The Hall–Kier alpha value is -1.59. The van der Waals surface area contributed by atoms with Crippen LogP contribution in [0.3, 0.4) is 0 Å². The minimum Gasteiger partial charge on any atom is -0.481 e. The lowest BCUT2D eigenvalue weighted by molar-refractivity contribution is 0.399. The summed E-state index contributed by atoms with van der Waals surface area (Å²) in [7, 11) is 1.61. The molecule has 0 saturated carbocycles. The first kappa shape index (κ1) is 13.4. The van der Waals surface area contributed by atoms with Crippen molar-refractivity contribution in [1.29, 1.82) is 0 Å². The van der Waals surface area contributed by atoms with Crippen molar-refractivity contribution in [2.75, 3.05) is 7.11 Å². The number of alkyl halides is 1. The molecule has 0 radical (unpaired) electrons. The number of aryl methyl sites for hydroxylation is 1. The summed E-state index contributed by atoms with van der Waals surface area (Å²) in [6.45, 7) is 2.84. The third-order valence-corrected chi connectivity index (χ3v) is 4.41. The van der Waals surface area contributed by atoms with Crippen molar-refractivity contribution in [3.05, 3.63) is 39.8 Å². The van der Waals surface area contributed by atoms with E-state index in [0.717, 1.165) is 23.5 Å². The largest absolute Gasteiger partial charge is 0.481 e. The number of methoxy groups -OCH3 is 1. The maximum Gasteiger partial charge on any atom is 0.215 e. The van der Waals surface area contributed by atoms with Crippen LogP contribution >= 0.6 is 22.9 Å². The van der Waals surface area contributed by atoms with E-state index in [-0.39, 0.29) is 0 Å². The van der Waals surface area contributed by atoms with E-state index < -0.39 is 0 Å². The Morgan fingerprint density at radius 3 is 2.80 bits per heavy atom. The number of pyridine rings is 1. The van der Waals surface area contributed by atoms with Gasteiger partial charge < -0.3 is 9.30 Å². The average molecular weight is 308 g/mol. The summed E-state index contributed by atoms with van der Waals surface area (Å²) in [4.78, 5) is 9.03. The van der Waals surface area contributed by atoms with Crippen LogP contribution in [0.1, 0.15) is 17.0 Å². The second-order valence-corrected chi connectivity index (χ2v) is 5.54. The first-order chi connectivity index (χ1) is 9.72. The Balaban J connectivity index is 2.13. The van der Waals surface area contributed by atoms with Crippen LogP contribution in [-0.2, 0) is 12.4 Å². The third-order valence-electron chi connectivity index (χ3n) is 3.26. The van der Waals surface area contributed by atoms with Crippen LogP contribution < -0.4 is 4.74 Å². The van der Waals surface area contributed by atoms with Crippen molar-refractivity contribution in [1.82, 2.24) is 14.5 Å². The number of fused-ring (bicyclic) bond motifs is 1. The van der Waals surface area contributed by atoms with E-state index in [0.29, 0.717) is 11.8 Å². The lowest BCUT2D eigenvalue weighted by Gasteiger charge is -2.07. The van der Waals surface area contributed by atoms with Crippen molar-refractivity contribution in [3.63, 3.8) is 0 Å². The summed E-state index contributed by atoms with van der Waals surface area (Å²) in [5.74, 6) is 1.77. The molecule has 0 N–H and O–H groups in total. The summed E-state index contributed by atoms with van der Waals surface area (Å²) < 4.78 is 7.25. The molecule has 3 aromatic rings. The normalized spacial score (nSPS) is 11.2. The van der Waals surface area contributed by atoms with Crippen molar-refractivity contribution < 1.29 is 4.74 Å². The highest BCUT2D eigenvalue weighted by atomic mass is 35.5. The molecule has 0 aliphatic heterocycles. The Morgan fingerprint density at radius 2 is 2.15 bits per heavy atom. The standard InChI is InChI=1S/C14H14ClN3OS/c1-9-7-20-8-10(9)6-18-12(5-15)16-11-3-4-13(19-2)17-14(11)18/h3-4,7-8H,5-6H2,1-2H3. The lowest BCUT2D eigenvalue weighted by Crippen LogP contribution is -2.05. The van der Waals surface area contributed by atoms with Gasteiger partial charge in [0.2, 0.25) is 5.88 Å². The van der Waals surface area contributed by atoms with E-state index in [9.17, 15) is 0 Å². The molecule has 0 aliphatic carbocycles. The molecule has 4 nitrogen and oxygen atoms in total. The monoisotopic (exact) mass is 307 g/mol. The van der Waals surface area contributed by atoms with E-state index in [1.54, 1.807) is 18.4 Å². The van der Waals surface area contributed by atoms with E-state index in [1.807, 2.05) is 12.1 Å². The second kappa shape index (κ2) is 5.42. The molecular formula is C14H14ClN3OS. The first-order valence-electron chi connectivity index (χ1n) is 6.20. The van der Waals surface area contributed by atoms with E-state index in [1.165, 1.54) is 11.1 Å². The molecule has 6 heteroatoms. The second-order valence-electron chi connectivity index (χ2n) is 4.52. The van der Waals surface area contributed by atoms with Gasteiger partial charge in [-0.15, -0.1) is 11.6 Å². The van der Waals surface area contributed by atoms with Crippen molar-refractivity contribution in [3.8, 4) is 5.88 Å². The minimum absolute atomic E-state index is 0.363. The van der Waals surface area contributed by atoms with Gasteiger partial charge in [-0.2, -0.15) is 16.3 Å². The van der Waals surface area contributed by atoms with Crippen LogP contribution in [0, 0.1) is 6.92 Å². The molecule has 0 aromatic carbocycles. The zero-order valence-corrected chi connectivity index (χ0v) is 12.8. The molecule has 0 bridgehead atoms. The maximum atomic E-state index is 6.02. The van der Waals surface area contributed by atoms with Gasteiger partial charge in [0.1, 0.15) is 11.3 Å². The fourth-order valence-corrected chi connectivity index (χ4v) is 3.18. The minimum atomic E-state index is 0.363. The smallest absolute Gasteiger partial charge is 0.215 e. The number of ether oxygens (including phenoxy) is 1. The summed E-state index contributed by atoms with van der Waals surface area (Å²) in [5.41, 5.74) is 4.20. The average Bonchev–Trinajstić information content (AvgIpc) is 3.03. The summed E-state index contributed by atoms with van der Waals surface area (Å²) in [5, 5.41) is 4.29. The quantitative estimate of drug-likeness (QED) is 0.691. The number of imidazole rings is 1. The molecule has 0 atom stereocenters. The summed E-state index contributed by atoms with van der Waals surface area (Å²) in [6.07, 6.45) is 0. The Labute approximate surface area is 126 Å². The Kier molecular flexibility index (Phi) is 3.63. The topological polar surface area (TPSA) is 39.9 Å². The number of thiophene rings is 1. The number of aromatic nitrogens is 3. The number of halogens is 1. The fraction of sp³-hybridized carbons (Fsp3) is 0.286. The number of rotatable bonds is 4. The first-order valence-corrected chi connectivity index (χ1v) is 7.68. The molecule has 0 unspecified atom stereocenters. The third kappa shape index (κ3) is 2.27. The van der Waals surface area contributed by atoms with Gasteiger partial charge in [-0.25, -0.2) is 4.98 Å². The van der Waals surface area contributed by atoms with Crippen LogP contribution in [0.25, 0.3) is 11.2 Å². The maximum absolute atomic E-state index is 6.02. The summed E-state index contributed by atoms with van der Waals surface area (Å²) in [6, 6.07) is 3.72. The highest BCUT2D eigenvalue weighted by Crippen LogP contribution is 2.22. The van der Waals surface area contributed by atoms with Crippen molar-refractivity contribution in [2.45, 2.75) is 19.3 Å². The molecule has 20 heavy (non-hydrogen) atoms. The zero-order chi connectivity index (χ0) is 14.1. The molecule has 0 aliphatic rings. The van der Waals surface area contributed by atoms with Gasteiger partial charge in [-0.1, -0.05) is 0 Å². The molecule has 3 rings (SSSR count). The van der Waals surface area contributed by atoms with Crippen LogP contribution in [-0.4, -0.2) is 21.6 Å². The van der Waals surface area contributed by atoms with Gasteiger partial charge in [0.15, 0.2) is 5.65 Å². The van der Waals surface area contributed by atoms with Gasteiger partial charge in [0, 0.05) is 6.07 Å². The lowest BCUT2D eigenvalue weighted by atomic mass is 10.2. The summed E-state index contributed by atoms with van der Waals surface area (Å²) >= 11 is 7.72. The molecule has 3 aromatic heterocycles. The molecule has 0 saturated heterocycles. The van der Waals surface area contributed by atoms with Crippen LogP contribution in [0.2, 0.25) is 0 Å². The van der Waals surface area contributed by atoms with E-state index in [4.69, 9.17) is 16.3 Å². The Morgan fingerprint density at radius 1 is 1.30 bits per heavy atom. The molecule has 104 valence electrons. The predicted molar refractivity (Wildman–Crippen MR) is 81.8 cm³/mol. The highest BCUT2D eigenvalue weighted by Gasteiger charge is 2.13. The van der Waals surface area contributed by atoms with Gasteiger partial charge in [-0.05, 0) is 34.9 Å². The predicted octanol–water partition coefficient (Wildman–Crippen LogP) is 3.60. The number of nitrogens with zero attached hydrogens (tertiary/aromatic N) is 3. The van der Waals surface area contributed by atoms with E-state index in [2.05, 4.69) is 32.2 Å². The molecule has 3 heterocycles. The molecule has 0 amide bonds. The highest BCUT2D eigenvalue weighted by molar-refractivity contribution is 7.08. The van der Waals surface area contributed by atoms with Gasteiger partial charge in [-0.3, -0.25) is 0 Å². The molecule has 0 fully saturated rings. The van der Waals surface area contributed by atoms with Crippen molar-refractivity contribution in [2.24, 2.45) is 0 Å². The Bertz CT molecular complexity index is 750. The van der Waals surface area contributed by atoms with Gasteiger partial charge >= 0.3 is 0 Å². The SMILES string of the molecule is COc1ccc2nc(CCl)n(Cc3cscc3C)c2n1. The fourth-order valence-electron chi connectivity index (χ4n) is 2.13. The van der Waals surface area contributed by atoms with Gasteiger partial charge in [0.05, 0.1) is 19.5 Å².